The van der Waals surface area contributed by atoms with Crippen molar-refractivity contribution in [2.45, 2.75) is 13.3 Å². The minimum atomic E-state index is 0.472. The van der Waals surface area contributed by atoms with Crippen LogP contribution in [0.2, 0.25) is 0 Å². The van der Waals surface area contributed by atoms with E-state index in [1.54, 1.807) is 0 Å². The number of nitriles is 1. The van der Waals surface area contributed by atoms with Crippen molar-refractivity contribution < 1.29 is 0 Å². The van der Waals surface area contributed by atoms with Gasteiger partial charge in [-0.25, -0.2) is 0 Å². The zero-order valence-electron chi connectivity index (χ0n) is 8.71. The van der Waals surface area contributed by atoms with Gasteiger partial charge in [0.05, 0.1) is 18.0 Å². The van der Waals surface area contributed by atoms with E-state index in [2.05, 4.69) is 39.6 Å². The lowest BCUT2D eigenvalue weighted by Crippen LogP contribution is -1.92. The summed E-state index contributed by atoms with van der Waals surface area (Å²) in [6.07, 6.45) is 0.472. The number of halogens is 1. The molecule has 0 radical (unpaired) electrons. The number of para-hydroxylation sites is 1. The Morgan fingerprint density at radius 1 is 1.47 bits per heavy atom. The fourth-order valence-corrected chi connectivity index (χ4v) is 2.60. The van der Waals surface area contributed by atoms with Crippen LogP contribution in [0.1, 0.15) is 11.3 Å². The Morgan fingerprint density at radius 3 is 2.87 bits per heavy atom. The van der Waals surface area contributed by atoms with Gasteiger partial charge >= 0.3 is 0 Å². The molecule has 0 unspecified atom stereocenters. The van der Waals surface area contributed by atoms with Gasteiger partial charge in [-0.3, -0.25) is 0 Å². The Hall–Kier alpha value is -1.27. The molecule has 76 valence electrons. The zero-order chi connectivity index (χ0) is 11.0. The molecule has 0 fully saturated rings. The van der Waals surface area contributed by atoms with Gasteiger partial charge in [0.25, 0.3) is 0 Å². The second kappa shape index (κ2) is 3.71. The number of benzene rings is 1. The first kappa shape index (κ1) is 10.3. The molecule has 0 N–H and O–H groups in total. The molecule has 0 saturated heterocycles. The van der Waals surface area contributed by atoms with Crippen LogP contribution in [0.15, 0.2) is 22.7 Å². The molecular weight excluding hydrogens is 252 g/mol. The van der Waals surface area contributed by atoms with Gasteiger partial charge < -0.3 is 4.57 Å². The summed E-state index contributed by atoms with van der Waals surface area (Å²) in [6.45, 7) is 2.05. The number of rotatable bonds is 1. The molecule has 0 aliphatic rings. The number of hydrogen-bond donors (Lipinski definition) is 0. The van der Waals surface area contributed by atoms with E-state index in [9.17, 15) is 0 Å². The maximum atomic E-state index is 8.81. The van der Waals surface area contributed by atoms with Crippen LogP contribution < -0.4 is 0 Å². The van der Waals surface area contributed by atoms with Crippen molar-refractivity contribution in [3.63, 3.8) is 0 Å². The zero-order valence-corrected chi connectivity index (χ0v) is 10.3. The van der Waals surface area contributed by atoms with Crippen LogP contribution in [0.25, 0.3) is 10.9 Å². The number of fused-ring (bicyclic) bond motifs is 1. The molecule has 0 aliphatic carbocycles. The normalized spacial score (nSPS) is 10.5. The Bertz CT molecular complexity index is 561. The monoisotopic (exact) mass is 262 g/mol. The summed E-state index contributed by atoms with van der Waals surface area (Å²) in [5.41, 5.74) is 3.47. The standard InChI is InChI=1S/C12H11BrN2/c1-8-9(6-7-14)10-4-3-5-11(13)12(10)15(8)2/h3-5H,6H2,1-2H3. The Morgan fingerprint density at radius 2 is 2.20 bits per heavy atom. The first-order chi connectivity index (χ1) is 7.16. The number of aryl methyl sites for hydroxylation is 1. The van der Waals surface area contributed by atoms with Crippen LogP contribution in [0.5, 0.6) is 0 Å². The van der Waals surface area contributed by atoms with E-state index in [-0.39, 0.29) is 0 Å². The number of hydrogen-bond acceptors (Lipinski definition) is 1. The molecule has 2 rings (SSSR count). The van der Waals surface area contributed by atoms with Crippen LogP contribution in [-0.4, -0.2) is 4.57 Å². The van der Waals surface area contributed by atoms with Gasteiger partial charge in [-0.1, -0.05) is 12.1 Å². The summed E-state index contributed by atoms with van der Waals surface area (Å²) in [6, 6.07) is 8.32. The molecule has 0 atom stereocenters. The van der Waals surface area contributed by atoms with Gasteiger partial charge in [-0.15, -0.1) is 0 Å². The number of nitrogens with zero attached hydrogens (tertiary/aromatic N) is 2. The average Bonchev–Trinajstić information content (AvgIpc) is 2.45. The highest BCUT2D eigenvalue weighted by Crippen LogP contribution is 2.30. The van der Waals surface area contributed by atoms with E-state index in [0.717, 1.165) is 10.0 Å². The molecule has 3 heteroatoms. The van der Waals surface area contributed by atoms with Crippen molar-refractivity contribution in [3.05, 3.63) is 33.9 Å². The lowest BCUT2D eigenvalue weighted by molar-refractivity contribution is 0.904. The summed E-state index contributed by atoms with van der Waals surface area (Å²) in [5.74, 6) is 0. The van der Waals surface area contributed by atoms with E-state index in [1.807, 2.05) is 19.2 Å². The highest BCUT2D eigenvalue weighted by Gasteiger charge is 2.12. The van der Waals surface area contributed by atoms with Gasteiger partial charge in [0, 0.05) is 22.6 Å². The summed E-state index contributed by atoms with van der Waals surface area (Å²) in [4.78, 5) is 0. The van der Waals surface area contributed by atoms with Crippen molar-refractivity contribution in [2.24, 2.45) is 7.05 Å². The highest BCUT2D eigenvalue weighted by atomic mass is 79.9. The molecule has 1 heterocycles. The van der Waals surface area contributed by atoms with Gasteiger partial charge in [-0.05, 0) is 34.5 Å². The quantitative estimate of drug-likeness (QED) is 0.775. The smallest absolute Gasteiger partial charge is 0.0670 e. The van der Waals surface area contributed by atoms with Crippen LogP contribution in [0.4, 0.5) is 0 Å². The molecular formula is C12H11BrN2. The number of aromatic nitrogens is 1. The maximum absolute atomic E-state index is 8.81. The first-order valence-corrected chi connectivity index (χ1v) is 5.55. The molecule has 0 bridgehead atoms. The molecule has 0 aliphatic heterocycles. The van der Waals surface area contributed by atoms with Gasteiger partial charge in [0.1, 0.15) is 0 Å². The maximum Gasteiger partial charge on any atom is 0.0670 e. The molecule has 1 aromatic carbocycles. The molecule has 0 amide bonds. The van der Waals surface area contributed by atoms with Crippen molar-refractivity contribution in [1.29, 1.82) is 5.26 Å². The average molecular weight is 263 g/mol. The van der Waals surface area contributed by atoms with Crippen LogP contribution >= 0.6 is 15.9 Å². The predicted molar refractivity (Wildman–Crippen MR) is 64.7 cm³/mol. The van der Waals surface area contributed by atoms with Crippen molar-refractivity contribution in [3.8, 4) is 6.07 Å². The first-order valence-electron chi connectivity index (χ1n) is 4.76. The predicted octanol–water partition coefficient (Wildman–Crippen LogP) is 3.32. The van der Waals surface area contributed by atoms with Crippen molar-refractivity contribution >= 4 is 26.8 Å². The molecule has 0 spiro atoms. The molecule has 2 nitrogen and oxygen atoms in total. The summed E-state index contributed by atoms with van der Waals surface area (Å²) >= 11 is 3.54. The molecule has 0 saturated carbocycles. The Balaban J connectivity index is 2.88. The molecule has 15 heavy (non-hydrogen) atoms. The topological polar surface area (TPSA) is 28.7 Å². The van der Waals surface area contributed by atoms with E-state index >= 15 is 0 Å². The second-order valence-corrected chi connectivity index (χ2v) is 4.45. The molecule has 2 aromatic rings. The Kier molecular flexibility index (Phi) is 2.54. The van der Waals surface area contributed by atoms with Crippen molar-refractivity contribution in [1.82, 2.24) is 4.57 Å². The third-order valence-corrected chi connectivity index (χ3v) is 3.48. The minimum absolute atomic E-state index is 0.472. The second-order valence-electron chi connectivity index (χ2n) is 3.59. The summed E-state index contributed by atoms with van der Waals surface area (Å²) in [5, 5.41) is 9.98. The van der Waals surface area contributed by atoms with E-state index < -0.39 is 0 Å². The highest BCUT2D eigenvalue weighted by molar-refractivity contribution is 9.10. The lowest BCUT2D eigenvalue weighted by atomic mass is 10.1. The lowest BCUT2D eigenvalue weighted by Gasteiger charge is -2.00. The summed E-state index contributed by atoms with van der Waals surface area (Å²) < 4.78 is 3.21. The van der Waals surface area contributed by atoms with Crippen LogP contribution in [0.3, 0.4) is 0 Å². The Labute approximate surface area is 97.3 Å². The molecule has 1 aromatic heterocycles. The van der Waals surface area contributed by atoms with Gasteiger partial charge in [-0.2, -0.15) is 5.26 Å². The van der Waals surface area contributed by atoms with Gasteiger partial charge in [0.15, 0.2) is 0 Å². The fourth-order valence-electron chi connectivity index (χ4n) is 1.97. The third-order valence-electron chi connectivity index (χ3n) is 2.84. The van der Waals surface area contributed by atoms with E-state index in [1.165, 1.54) is 16.6 Å². The van der Waals surface area contributed by atoms with Crippen molar-refractivity contribution in [2.75, 3.05) is 0 Å². The van der Waals surface area contributed by atoms with E-state index in [0.29, 0.717) is 6.42 Å². The van der Waals surface area contributed by atoms with E-state index in [4.69, 9.17) is 5.26 Å². The SMILES string of the molecule is Cc1c(CC#N)c2cccc(Br)c2n1C. The minimum Gasteiger partial charge on any atom is -0.347 e. The summed E-state index contributed by atoms with van der Waals surface area (Å²) in [7, 11) is 2.03. The van der Waals surface area contributed by atoms with Crippen LogP contribution in [0, 0.1) is 18.3 Å². The third kappa shape index (κ3) is 1.46. The van der Waals surface area contributed by atoms with Gasteiger partial charge in [0.2, 0.25) is 0 Å². The van der Waals surface area contributed by atoms with Crippen LogP contribution in [-0.2, 0) is 13.5 Å². The fraction of sp³-hybridized carbons (Fsp3) is 0.250. The largest absolute Gasteiger partial charge is 0.347 e.